The molecule has 0 aromatic heterocycles. The van der Waals surface area contributed by atoms with E-state index in [9.17, 15) is 4.79 Å². The summed E-state index contributed by atoms with van der Waals surface area (Å²) >= 11 is 0. The molecule has 1 atom stereocenters. The Balaban J connectivity index is 2.87. The molecule has 3 heteroatoms. The standard InChI is InChI=1S/C14H20O3/c1-4-5-12-9-11(6-7-13(12)17-3)8-10(2)14(15)16/h6-7,9-10H,4-5,8H2,1-3H3,(H,15,16). The van der Waals surface area contributed by atoms with Crippen LogP contribution >= 0.6 is 0 Å². The Morgan fingerprint density at radius 2 is 2.18 bits per heavy atom. The summed E-state index contributed by atoms with van der Waals surface area (Å²) in [6, 6.07) is 5.92. The number of carboxylic acids is 1. The quantitative estimate of drug-likeness (QED) is 0.826. The van der Waals surface area contributed by atoms with Crippen LogP contribution in [0.5, 0.6) is 5.75 Å². The molecule has 0 aliphatic rings. The van der Waals surface area contributed by atoms with Crippen molar-refractivity contribution in [1.29, 1.82) is 0 Å². The third-order valence-corrected chi connectivity index (χ3v) is 2.83. The second kappa shape index (κ2) is 6.28. The van der Waals surface area contributed by atoms with Crippen molar-refractivity contribution in [2.24, 2.45) is 5.92 Å². The summed E-state index contributed by atoms with van der Waals surface area (Å²) in [6.45, 7) is 3.85. The van der Waals surface area contributed by atoms with Crippen LogP contribution in [0.15, 0.2) is 18.2 Å². The number of aliphatic carboxylic acids is 1. The van der Waals surface area contributed by atoms with Crippen molar-refractivity contribution in [3.05, 3.63) is 29.3 Å². The molecule has 0 amide bonds. The van der Waals surface area contributed by atoms with Crippen LogP contribution in [-0.4, -0.2) is 18.2 Å². The molecule has 0 radical (unpaired) electrons. The average Bonchev–Trinajstić information content (AvgIpc) is 2.29. The van der Waals surface area contributed by atoms with Gasteiger partial charge in [-0.2, -0.15) is 0 Å². The molecule has 0 spiro atoms. The van der Waals surface area contributed by atoms with Crippen molar-refractivity contribution in [3.8, 4) is 5.75 Å². The van der Waals surface area contributed by atoms with Crippen LogP contribution in [0.25, 0.3) is 0 Å². The minimum absolute atomic E-state index is 0.349. The van der Waals surface area contributed by atoms with E-state index in [1.165, 1.54) is 0 Å². The molecule has 1 aromatic carbocycles. The van der Waals surface area contributed by atoms with Gasteiger partial charge in [0.2, 0.25) is 0 Å². The van der Waals surface area contributed by atoms with E-state index in [1.54, 1.807) is 14.0 Å². The Morgan fingerprint density at radius 3 is 2.71 bits per heavy atom. The lowest BCUT2D eigenvalue weighted by molar-refractivity contribution is -0.141. The number of ether oxygens (including phenoxy) is 1. The normalized spacial score (nSPS) is 12.2. The van der Waals surface area contributed by atoms with Crippen LogP contribution in [0.4, 0.5) is 0 Å². The van der Waals surface area contributed by atoms with Crippen molar-refractivity contribution in [3.63, 3.8) is 0 Å². The molecular formula is C14H20O3. The molecule has 0 aliphatic carbocycles. The lowest BCUT2D eigenvalue weighted by atomic mass is 9.98. The highest BCUT2D eigenvalue weighted by Crippen LogP contribution is 2.22. The van der Waals surface area contributed by atoms with Crippen LogP contribution in [0.1, 0.15) is 31.4 Å². The molecular weight excluding hydrogens is 216 g/mol. The van der Waals surface area contributed by atoms with E-state index in [-0.39, 0.29) is 5.92 Å². The molecule has 17 heavy (non-hydrogen) atoms. The largest absolute Gasteiger partial charge is 0.496 e. The fourth-order valence-corrected chi connectivity index (χ4v) is 1.86. The van der Waals surface area contributed by atoms with Crippen LogP contribution in [0.2, 0.25) is 0 Å². The van der Waals surface area contributed by atoms with Gasteiger partial charge in [-0.1, -0.05) is 32.4 Å². The van der Waals surface area contributed by atoms with Gasteiger partial charge in [0, 0.05) is 0 Å². The zero-order chi connectivity index (χ0) is 12.8. The Kier molecular flexibility index (Phi) is 5.01. The fraction of sp³-hybridized carbons (Fsp3) is 0.500. The number of benzene rings is 1. The van der Waals surface area contributed by atoms with Gasteiger partial charge in [0.05, 0.1) is 13.0 Å². The van der Waals surface area contributed by atoms with Gasteiger partial charge in [0.1, 0.15) is 5.75 Å². The minimum atomic E-state index is -0.752. The van der Waals surface area contributed by atoms with Gasteiger partial charge in [-0.3, -0.25) is 4.79 Å². The summed E-state index contributed by atoms with van der Waals surface area (Å²) in [6.07, 6.45) is 2.57. The predicted octanol–water partition coefficient (Wildman–Crippen LogP) is 2.91. The summed E-state index contributed by atoms with van der Waals surface area (Å²) in [5.74, 6) is -0.214. The number of hydrogen-bond acceptors (Lipinski definition) is 2. The van der Waals surface area contributed by atoms with E-state index in [1.807, 2.05) is 12.1 Å². The first-order valence-electron chi connectivity index (χ1n) is 5.97. The third-order valence-electron chi connectivity index (χ3n) is 2.83. The highest BCUT2D eigenvalue weighted by Gasteiger charge is 2.12. The average molecular weight is 236 g/mol. The second-order valence-electron chi connectivity index (χ2n) is 4.34. The monoisotopic (exact) mass is 236 g/mol. The molecule has 0 bridgehead atoms. The van der Waals surface area contributed by atoms with E-state index in [2.05, 4.69) is 13.0 Å². The van der Waals surface area contributed by atoms with E-state index >= 15 is 0 Å². The van der Waals surface area contributed by atoms with Gasteiger partial charge in [-0.25, -0.2) is 0 Å². The fourth-order valence-electron chi connectivity index (χ4n) is 1.86. The number of carbonyl (C=O) groups is 1. The number of rotatable bonds is 6. The van der Waals surface area contributed by atoms with Crippen LogP contribution in [0.3, 0.4) is 0 Å². The number of carboxylic acid groups (broad SMARTS) is 1. The highest BCUT2D eigenvalue weighted by molar-refractivity contribution is 5.69. The van der Waals surface area contributed by atoms with Crippen molar-refractivity contribution < 1.29 is 14.6 Å². The van der Waals surface area contributed by atoms with Gasteiger partial charge < -0.3 is 9.84 Å². The van der Waals surface area contributed by atoms with E-state index < -0.39 is 5.97 Å². The molecule has 0 fully saturated rings. The zero-order valence-electron chi connectivity index (χ0n) is 10.7. The lowest BCUT2D eigenvalue weighted by Gasteiger charge is -2.11. The van der Waals surface area contributed by atoms with Crippen molar-refractivity contribution in [2.75, 3.05) is 7.11 Å². The summed E-state index contributed by atoms with van der Waals surface area (Å²) in [5, 5.41) is 8.89. The maximum Gasteiger partial charge on any atom is 0.306 e. The van der Waals surface area contributed by atoms with E-state index in [0.29, 0.717) is 6.42 Å². The molecule has 0 aliphatic heterocycles. The first kappa shape index (κ1) is 13.6. The predicted molar refractivity (Wildman–Crippen MR) is 67.5 cm³/mol. The van der Waals surface area contributed by atoms with Crippen LogP contribution < -0.4 is 4.74 Å². The Morgan fingerprint density at radius 1 is 1.47 bits per heavy atom. The van der Waals surface area contributed by atoms with Gasteiger partial charge in [-0.15, -0.1) is 0 Å². The Hall–Kier alpha value is -1.51. The van der Waals surface area contributed by atoms with Crippen LogP contribution in [0, 0.1) is 5.92 Å². The number of methoxy groups -OCH3 is 1. The van der Waals surface area contributed by atoms with Gasteiger partial charge >= 0.3 is 5.97 Å². The summed E-state index contributed by atoms with van der Waals surface area (Å²) < 4.78 is 5.29. The molecule has 94 valence electrons. The maximum atomic E-state index is 10.8. The smallest absolute Gasteiger partial charge is 0.306 e. The van der Waals surface area contributed by atoms with Gasteiger partial charge in [0.25, 0.3) is 0 Å². The maximum absolute atomic E-state index is 10.8. The molecule has 1 rings (SSSR count). The molecule has 1 aromatic rings. The zero-order valence-corrected chi connectivity index (χ0v) is 10.7. The topological polar surface area (TPSA) is 46.5 Å². The van der Waals surface area contributed by atoms with E-state index in [4.69, 9.17) is 9.84 Å². The molecule has 0 saturated carbocycles. The number of aryl methyl sites for hydroxylation is 1. The molecule has 3 nitrogen and oxygen atoms in total. The third kappa shape index (κ3) is 3.77. The van der Waals surface area contributed by atoms with Crippen molar-refractivity contribution in [1.82, 2.24) is 0 Å². The molecule has 1 N–H and O–H groups in total. The van der Waals surface area contributed by atoms with Crippen molar-refractivity contribution >= 4 is 5.97 Å². The summed E-state index contributed by atoms with van der Waals surface area (Å²) in [7, 11) is 1.66. The molecule has 0 saturated heterocycles. The summed E-state index contributed by atoms with van der Waals surface area (Å²) in [5.41, 5.74) is 2.22. The second-order valence-corrected chi connectivity index (χ2v) is 4.34. The highest BCUT2D eigenvalue weighted by atomic mass is 16.5. The lowest BCUT2D eigenvalue weighted by Crippen LogP contribution is -2.12. The summed E-state index contributed by atoms with van der Waals surface area (Å²) in [4.78, 5) is 10.8. The first-order chi connectivity index (χ1) is 8.08. The SMILES string of the molecule is CCCc1cc(CC(C)C(=O)O)ccc1OC. The van der Waals surface area contributed by atoms with Gasteiger partial charge in [0.15, 0.2) is 0 Å². The van der Waals surface area contributed by atoms with Crippen molar-refractivity contribution in [2.45, 2.75) is 33.1 Å². The first-order valence-corrected chi connectivity index (χ1v) is 5.97. The molecule has 0 heterocycles. The Bertz CT molecular complexity index is 385. The number of hydrogen-bond donors (Lipinski definition) is 1. The van der Waals surface area contributed by atoms with Crippen LogP contribution in [-0.2, 0) is 17.6 Å². The molecule has 1 unspecified atom stereocenters. The Labute approximate surface area is 102 Å². The van der Waals surface area contributed by atoms with E-state index in [0.717, 1.165) is 29.7 Å². The minimum Gasteiger partial charge on any atom is -0.496 e. The van der Waals surface area contributed by atoms with Gasteiger partial charge in [-0.05, 0) is 30.0 Å².